The summed E-state index contributed by atoms with van der Waals surface area (Å²) < 4.78 is 29.2. The molecule has 2 amide bonds. The molecule has 0 aliphatic carbocycles. The lowest BCUT2D eigenvalue weighted by Gasteiger charge is -2.19. The van der Waals surface area contributed by atoms with E-state index in [-0.39, 0.29) is 16.5 Å². The minimum Gasteiger partial charge on any atom is -0.485 e. The number of hydrogen-bond donors (Lipinski definition) is 4. The molecule has 1 rings (SSSR count). The second-order valence-corrected chi connectivity index (χ2v) is 5.17. The Morgan fingerprint density at radius 1 is 1.43 bits per heavy atom. The summed E-state index contributed by atoms with van der Waals surface area (Å²) in [6, 6.07) is 3.13. The lowest BCUT2D eigenvalue weighted by Crippen LogP contribution is -2.47. The second kappa shape index (κ2) is 7.93. The van der Waals surface area contributed by atoms with Crippen LogP contribution in [0.5, 0.6) is 5.75 Å². The van der Waals surface area contributed by atoms with Crippen LogP contribution in [0.3, 0.4) is 0 Å². The number of amides is 2. The summed E-state index contributed by atoms with van der Waals surface area (Å²) in [5.74, 6) is -1.58. The third-order valence-electron chi connectivity index (χ3n) is 2.61. The zero-order valence-corrected chi connectivity index (χ0v) is 12.7. The zero-order valence-electron chi connectivity index (χ0n) is 12.0. The van der Waals surface area contributed by atoms with E-state index in [0.29, 0.717) is 0 Å². The minimum absolute atomic E-state index is 0.0579. The Kier molecular flexibility index (Phi) is 6.52. The molecule has 0 aliphatic rings. The van der Waals surface area contributed by atoms with Crippen molar-refractivity contribution in [2.24, 2.45) is 0 Å². The molecule has 0 saturated heterocycles. The van der Waals surface area contributed by atoms with Gasteiger partial charge in [-0.25, -0.2) is 18.4 Å². The van der Waals surface area contributed by atoms with Gasteiger partial charge in [-0.1, -0.05) is 11.6 Å². The molecule has 1 aromatic rings. The lowest BCUT2D eigenvalue weighted by molar-refractivity contribution is -0.155. The van der Waals surface area contributed by atoms with Crippen molar-refractivity contribution in [3.8, 4) is 5.75 Å². The summed E-state index contributed by atoms with van der Waals surface area (Å²) in [6.07, 6.45) is -2.71. The Balaban J connectivity index is 2.72. The van der Waals surface area contributed by atoms with Crippen molar-refractivity contribution in [2.75, 3.05) is 18.5 Å². The van der Waals surface area contributed by atoms with Gasteiger partial charge in [-0.15, -0.1) is 0 Å². The predicted molar refractivity (Wildman–Crippen MR) is 78.2 cm³/mol. The number of carboxylic acids is 1. The van der Waals surface area contributed by atoms with Gasteiger partial charge in [0.15, 0.2) is 5.60 Å². The van der Waals surface area contributed by atoms with E-state index in [9.17, 15) is 23.5 Å². The van der Waals surface area contributed by atoms with Crippen molar-refractivity contribution in [1.82, 2.24) is 5.32 Å². The summed E-state index contributed by atoms with van der Waals surface area (Å²) in [7, 11) is 0. The summed E-state index contributed by atoms with van der Waals surface area (Å²) in [4.78, 5) is 22.4. The fourth-order valence-electron chi connectivity index (χ4n) is 1.37. The van der Waals surface area contributed by atoms with Crippen LogP contribution in [-0.2, 0) is 4.79 Å². The molecule has 0 aromatic heterocycles. The number of alkyl halides is 2. The summed E-state index contributed by atoms with van der Waals surface area (Å²) in [5.41, 5.74) is -2.09. The first kappa shape index (κ1) is 18.9. The molecule has 23 heavy (non-hydrogen) atoms. The molecular formula is C13H15ClF2N2O5. The average molecular weight is 353 g/mol. The van der Waals surface area contributed by atoms with Crippen LogP contribution < -0.4 is 15.4 Å². The third kappa shape index (κ3) is 6.25. The number of ether oxygens (including phenoxy) is 1. The van der Waals surface area contributed by atoms with Crippen LogP contribution in [0.25, 0.3) is 0 Å². The number of anilines is 1. The number of carbonyl (C=O) groups is 2. The molecule has 7 nitrogen and oxygen atoms in total. The van der Waals surface area contributed by atoms with E-state index in [1.165, 1.54) is 18.2 Å². The molecule has 10 heteroatoms. The average Bonchev–Trinajstić information content (AvgIpc) is 2.45. The Labute approximate surface area is 135 Å². The largest absolute Gasteiger partial charge is 0.485 e. The lowest BCUT2D eigenvalue weighted by atomic mass is 10.1. The molecule has 0 saturated carbocycles. The molecule has 4 N–H and O–H groups in total. The van der Waals surface area contributed by atoms with Crippen molar-refractivity contribution in [1.29, 1.82) is 0 Å². The van der Waals surface area contributed by atoms with Gasteiger partial charge in [-0.05, 0) is 19.1 Å². The highest BCUT2D eigenvalue weighted by atomic mass is 35.5. The number of halogens is 3. The standard InChI is InChI=1S/C13H15ClF2N2O5/c1-13(22,11(19)20)6-17-12(21)18-8-3-2-7(14)4-9(8)23-5-10(15)16/h2-4,10,22H,5-6H2,1H3,(H,19,20)(H2,17,18,21). The number of rotatable bonds is 7. The number of aliphatic carboxylic acids is 1. The summed E-state index contributed by atoms with van der Waals surface area (Å²) >= 11 is 5.73. The van der Waals surface area contributed by atoms with E-state index in [4.69, 9.17) is 21.4 Å². The number of benzene rings is 1. The van der Waals surface area contributed by atoms with Gasteiger partial charge < -0.3 is 25.6 Å². The number of aliphatic hydroxyl groups is 1. The first-order valence-electron chi connectivity index (χ1n) is 6.33. The van der Waals surface area contributed by atoms with Crippen LogP contribution in [-0.4, -0.2) is 47.4 Å². The van der Waals surface area contributed by atoms with Crippen molar-refractivity contribution in [2.45, 2.75) is 19.0 Å². The number of nitrogens with one attached hydrogen (secondary N) is 2. The maximum absolute atomic E-state index is 12.2. The predicted octanol–water partition coefficient (Wildman–Crippen LogP) is 1.94. The molecule has 0 aliphatic heterocycles. The Morgan fingerprint density at radius 2 is 2.09 bits per heavy atom. The topological polar surface area (TPSA) is 108 Å². The Bertz CT molecular complexity index is 583. The van der Waals surface area contributed by atoms with Crippen LogP contribution in [0.2, 0.25) is 5.02 Å². The fraction of sp³-hybridized carbons (Fsp3) is 0.385. The van der Waals surface area contributed by atoms with Gasteiger partial charge >= 0.3 is 12.0 Å². The van der Waals surface area contributed by atoms with Crippen LogP contribution in [0.1, 0.15) is 6.92 Å². The second-order valence-electron chi connectivity index (χ2n) is 4.73. The number of urea groups is 1. The van der Waals surface area contributed by atoms with Crippen LogP contribution >= 0.6 is 11.6 Å². The number of carbonyl (C=O) groups excluding carboxylic acids is 1. The number of hydrogen-bond acceptors (Lipinski definition) is 4. The first-order valence-corrected chi connectivity index (χ1v) is 6.71. The van der Waals surface area contributed by atoms with Crippen molar-refractivity contribution in [3.63, 3.8) is 0 Å². The highest BCUT2D eigenvalue weighted by Crippen LogP contribution is 2.28. The summed E-state index contributed by atoms with van der Waals surface area (Å²) in [5, 5.41) is 22.8. The molecule has 0 radical (unpaired) electrons. The van der Waals surface area contributed by atoms with Gasteiger partial charge in [0.25, 0.3) is 6.43 Å². The van der Waals surface area contributed by atoms with E-state index in [2.05, 4.69) is 10.6 Å². The van der Waals surface area contributed by atoms with Gasteiger partial charge in [-0.3, -0.25) is 0 Å². The van der Waals surface area contributed by atoms with Crippen molar-refractivity contribution >= 4 is 29.3 Å². The monoisotopic (exact) mass is 352 g/mol. The fourth-order valence-corrected chi connectivity index (χ4v) is 1.53. The first-order chi connectivity index (χ1) is 10.6. The van der Waals surface area contributed by atoms with Gasteiger partial charge in [0.2, 0.25) is 0 Å². The molecule has 1 aromatic carbocycles. The summed E-state index contributed by atoms with van der Waals surface area (Å²) in [6.45, 7) is -0.436. The smallest absolute Gasteiger partial charge is 0.337 e. The van der Waals surface area contributed by atoms with E-state index >= 15 is 0 Å². The van der Waals surface area contributed by atoms with Gasteiger partial charge in [0.05, 0.1) is 12.2 Å². The van der Waals surface area contributed by atoms with Gasteiger partial charge in [0.1, 0.15) is 12.4 Å². The van der Waals surface area contributed by atoms with Gasteiger partial charge in [-0.2, -0.15) is 0 Å². The molecule has 0 heterocycles. The molecule has 0 spiro atoms. The molecule has 1 unspecified atom stereocenters. The Morgan fingerprint density at radius 3 is 2.65 bits per heavy atom. The Hall–Kier alpha value is -2.13. The minimum atomic E-state index is -2.71. The highest BCUT2D eigenvalue weighted by Gasteiger charge is 2.30. The van der Waals surface area contributed by atoms with Crippen molar-refractivity contribution < 1.29 is 33.3 Å². The highest BCUT2D eigenvalue weighted by molar-refractivity contribution is 6.30. The van der Waals surface area contributed by atoms with Crippen molar-refractivity contribution in [3.05, 3.63) is 23.2 Å². The molecule has 0 fully saturated rings. The maximum atomic E-state index is 12.2. The molecular weight excluding hydrogens is 338 g/mol. The third-order valence-corrected chi connectivity index (χ3v) is 2.85. The van der Waals surface area contributed by atoms with Crippen LogP contribution in [0, 0.1) is 0 Å². The number of carboxylic acid groups (broad SMARTS) is 1. The van der Waals surface area contributed by atoms with Crippen LogP contribution in [0.15, 0.2) is 18.2 Å². The van der Waals surface area contributed by atoms with E-state index < -0.39 is 37.2 Å². The van der Waals surface area contributed by atoms with Gasteiger partial charge in [0, 0.05) is 11.1 Å². The normalized spacial score (nSPS) is 13.3. The molecule has 0 bridgehead atoms. The van der Waals surface area contributed by atoms with E-state index in [1.54, 1.807) is 0 Å². The molecule has 1 atom stereocenters. The maximum Gasteiger partial charge on any atom is 0.337 e. The van der Waals surface area contributed by atoms with E-state index in [1.807, 2.05) is 0 Å². The zero-order chi connectivity index (χ0) is 17.6. The van der Waals surface area contributed by atoms with E-state index in [0.717, 1.165) is 6.92 Å². The SMILES string of the molecule is CC(O)(CNC(=O)Nc1ccc(Cl)cc1OCC(F)F)C(=O)O. The van der Waals surface area contributed by atoms with Crippen LogP contribution in [0.4, 0.5) is 19.3 Å². The molecule has 128 valence electrons. The quantitative estimate of drug-likeness (QED) is 0.600.